The first-order chi connectivity index (χ1) is 14.1. The zero-order valence-electron chi connectivity index (χ0n) is 16.5. The van der Waals surface area contributed by atoms with Crippen LogP contribution in [0.4, 0.5) is 0 Å². The highest BCUT2D eigenvalue weighted by molar-refractivity contribution is 7.09. The summed E-state index contributed by atoms with van der Waals surface area (Å²) in [6, 6.07) is 9.19. The van der Waals surface area contributed by atoms with E-state index in [1.54, 1.807) is 32.0 Å². The van der Waals surface area contributed by atoms with Crippen LogP contribution in [0.15, 0.2) is 48.1 Å². The number of hydrogen-bond acceptors (Lipinski definition) is 7. The predicted octanol–water partition coefficient (Wildman–Crippen LogP) is 3.76. The van der Waals surface area contributed by atoms with Gasteiger partial charge in [0.15, 0.2) is 11.5 Å². The monoisotopic (exact) mass is 413 g/mol. The molecular formula is C21H23N3O4S. The normalized spacial score (nSPS) is 11.7. The van der Waals surface area contributed by atoms with E-state index in [9.17, 15) is 4.79 Å². The minimum absolute atomic E-state index is 0.224. The lowest BCUT2D eigenvalue weighted by Crippen LogP contribution is -2.27. The molecule has 0 radical (unpaired) electrons. The molecule has 0 saturated heterocycles. The Kier molecular flexibility index (Phi) is 7.15. The highest BCUT2D eigenvalue weighted by atomic mass is 32.1. The Morgan fingerprint density at radius 2 is 1.93 bits per heavy atom. The third kappa shape index (κ3) is 5.52. The molecule has 0 bridgehead atoms. The summed E-state index contributed by atoms with van der Waals surface area (Å²) in [5.41, 5.74) is 2.31. The van der Waals surface area contributed by atoms with E-state index in [1.807, 2.05) is 37.3 Å². The van der Waals surface area contributed by atoms with Crippen LogP contribution in [0.5, 0.6) is 11.5 Å². The van der Waals surface area contributed by atoms with Crippen LogP contribution in [0.1, 0.15) is 39.6 Å². The molecule has 3 aromatic rings. The fraction of sp³-hybridized carbons (Fsp3) is 0.286. The zero-order chi connectivity index (χ0) is 20.6. The number of ether oxygens (including phenoxy) is 3. The van der Waals surface area contributed by atoms with Gasteiger partial charge in [0, 0.05) is 24.9 Å². The predicted molar refractivity (Wildman–Crippen MR) is 110 cm³/mol. The van der Waals surface area contributed by atoms with Crippen molar-refractivity contribution in [3.63, 3.8) is 0 Å². The number of carbonyl (C=O) groups is 1. The van der Waals surface area contributed by atoms with Gasteiger partial charge in [-0.15, -0.1) is 11.3 Å². The van der Waals surface area contributed by atoms with Gasteiger partial charge in [-0.05, 0) is 42.3 Å². The quantitative estimate of drug-likeness (QED) is 0.575. The summed E-state index contributed by atoms with van der Waals surface area (Å²) < 4.78 is 16.4. The number of benzene rings is 1. The largest absolute Gasteiger partial charge is 0.493 e. The van der Waals surface area contributed by atoms with Crippen LogP contribution in [0.2, 0.25) is 0 Å². The molecule has 29 heavy (non-hydrogen) atoms. The Morgan fingerprint density at radius 1 is 1.14 bits per heavy atom. The molecule has 1 unspecified atom stereocenters. The molecule has 1 N–H and O–H groups in total. The van der Waals surface area contributed by atoms with E-state index < -0.39 is 0 Å². The molecule has 0 aliphatic carbocycles. The molecule has 8 heteroatoms. The van der Waals surface area contributed by atoms with Crippen LogP contribution >= 0.6 is 11.3 Å². The van der Waals surface area contributed by atoms with Crippen molar-refractivity contribution in [2.75, 3.05) is 14.2 Å². The Bertz CT molecular complexity index is 946. The molecule has 152 valence electrons. The number of methoxy groups -OCH3 is 2. The highest BCUT2D eigenvalue weighted by Crippen LogP contribution is 2.31. The number of amides is 1. The van der Waals surface area contributed by atoms with E-state index in [4.69, 9.17) is 14.2 Å². The molecule has 3 rings (SSSR count). The second-order valence-electron chi connectivity index (χ2n) is 6.31. The topological polar surface area (TPSA) is 82.6 Å². The van der Waals surface area contributed by atoms with Gasteiger partial charge in [-0.1, -0.05) is 6.07 Å². The van der Waals surface area contributed by atoms with Gasteiger partial charge in [0.25, 0.3) is 5.91 Å². The van der Waals surface area contributed by atoms with Crippen molar-refractivity contribution in [1.82, 2.24) is 15.3 Å². The van der Waals surface area contributed by atoms with Gasteiger partial charge in [-0.3, -0.25) is 9.78 Å². The molecular weight excluding hydrogens is 390 g/mol. The maximum Gasteiger partial charge on any atom is 0.271 e. The third-order valence-electron chi connectivity index (χ3n) is 4.23. The second kappa shape index (κ2) is 9.99. The maximum atomic E-state index is 12.5. The summed E-state index contributed by atoms with van der Waals surface area (Å²) in [5, 5.41) is 5.45. The van der Waals surface area contributed by atoms with Crippen molar-refractivity contribution in [3.8, 4) is 11.5 Å². The van der Waals surface area contributed by atoms with Crippen LogP contribution in [0.25, 0.3) is 0 Å². The van der Waals surface area contributed by atoms with Crippen molar-refractivity contribution in [3.05, 3.63) is 69.9 Å². The van der Waals surface area contributed by atoms with Crippen LogP contribution in [0.3, 0.4) is 0 Å². The number of thiazole rings is 1. The standard InChI is InChI=1S/C21H23N3O4S/c1-14(23-21(25)17-13-29-20(24-17)12-26-2)16-4-5-18(19(10-16)27-3)28-11-15-6-8-22-9-7-15/h4-10,13-14H,11-12H2,1-3H3,(H,23,25). The van der Waals surface area contributed by atoms with Crippen molar-refractivity contribution in [2.24, 2.45) is 0 Å². The summed E-state index contributed by atoms with van der Waals surface area (Å²) in [6.07, 6.45) is 3.45. The second-order valence-corrected chi connectivity index (χ2v) is 7.25. The molecule has 0 spiro atoms. The van der Waals surface area contributed by atoms with Crippen LogP contribution in [-0.4, -0.2) is 30.1 Å². The van der Waals surface area contributed by atoms with Crippen molar-refractivity contribution >= 4 is 17.2 Å². The lowest BCUT2D eigenvalue weighted by Gasteiger charge is -2.17. The Hall–Kier alpha value is -2.97. The number of hydrogen-bond donors (Lipinski definition) is 1. The molecule has 0 aliphatic rings. The molecule has 0 aliphatic heterocycles. The molecule has 7 nitrogen and oxygen atoms in total. The summed E-state index contributed by atoms with van der Waals surface area (Å²) in [4.78, 5) is 20.7. The van der Waals surface area contributed by atoms with E-state index in [1.165, 1.54) is 11.3 Å². The van der Waals surface area contributed by atoms with Crippen LogP contribution in [-0.2, 0) is 18.0 Å². The first-order valence-electron chi connectivity index (χ1n) is 9.04. The van der Waals surface area contributed by atoms with Crippen molar-refractivity contribution < 1.29 is 19.0 Å². The van der Waals surface area contributed by atoms with Gasteiger partial charge in [0.2, 0.25) is 0 Å². The number of aromatic nitrogens is 2. The smallest absolute Gasteiger partial charge is 0.271 e. The fourth-order valence-corrected chi connectivity index (χ4v) is 3.42. The first kappa shape index (κ1) is 20.8. The Labute approximate surface area is 173 Å². The Morgan fingerprint density at radius 3 is 2.66 bits per heavy atom. The molecule has 0 saturated carbocycles. The number of rotatable bonds is 9. The lowest BCUT2D eigenvalue weighted by molar-refractivity contribution is 0.0935. The Balaban J connectivity index is 1.65. The van der Waals surface area contributed by atoms with E-state index >= 15 is 0 Å². The van der Waals surface area contributed by atoms with Gasteiger partial charge in [-0.2, -0.15) is 0 Å². The van der Waals surface area contributed by atoms with Gasteiger partial charge in [0.05, 0.1) is 19.8 Å². The molecule has 1 atom stereocenters. The SMILES string of the molecule is COCc1nc(C(=O)NC(C)c2ccc(OCc3ccncc3)c(OC)c2)cs1. The average Bonchev–Trinajstić information content (AvgIpc) is 3.22. The highest BCUT2D eigenvalue weighted by Gasteiger charge is 2.16. The van der Waals surface area contributed by atoms with Gasteiger partial charge < -0.3 is 19.5 Å². The molecule has 0 fully saturated rings. The molecule has 2 aromatic heterocycles. The number of carbonyl (C=O) groups excluding carboxylic acids is 1. The molecule has 1 aromatic carbocycles. The van der Waals surface area contributed by atoms with Crippen molar-refractivity contribution in [2.45, 2.75) is 26.2 Å². The minimum atomic E-state index is -0.229. The summed E-state index contributed by atoms with van der Waals surface area (Å²) in [5.74, 6) is 1.01. The summed E-state index contributed by atoms with van der Waals surface area (Å²) in [7, 11) is 3.19. The van der Waals surface area contributed by atoms with Gasteiger partial charge in [0.1, 0.15) is 17.3 Å². The molecule has 1 amide bonds. The van der Waals surface area contributed by atoms with E-state index in [0.29, 0.717) is 30.4 Å². The lowest BCUT2D eigenvalue weighted by atomic mass is 10.1. The fourth-order valence-electron chi connectivity index (χ4n) is 2.67. The maximum absolute atomic E-state index is 12.5. The first-order valence-corrected chi connectivity index (χ1v) is 9.92. The van der Waals surface area contributed by atoms with E-state index in [0.717, 1.165) is 16.1 Å². The van der Waals surface area contributed by atoms with Crippen LogP contribution in [0, 0.1) is 0 Å². The minimum Gasteiger partial charge on any atom is -0.493 e. The van der Waals surface area contributed by atoms with Gasteiger partial charge >= 0.3 is 0 Å². The third-order valence-corrected chi connectivity index (χ3v) is 5.05. The van der Waals surface area contributed by atoms with E-state index in [2.05, 4.69) is 15.3 Å². The number of nitrogens with one attached hydrogen (secondary N) is 1. The zero-order valence-corrected chi connectivity index (χ0v) is 17.4. The van der Waals surface area contributed by atoms with E-state index in [-0.39, 0.29) is 11.9 Å². The van der Waals surface area contributed by atoms with Crippen LogP contribution < -0.4 is 14.8 Å². The molecule has 2 heterocycles. The summed E-state index contributed by atoms with van der Waals surface area (Å²) >= 11 is 1.40. The number of nitrogens with zero attached hydrogens (tertiary/aromatic N) is 2. The summed E-state index contributed by atoms with van der Waals surface area (Å²) in [6.45, 7) is 2.72. The number of pyridine rings is 1. The average molecular weight is 413 g/mol. The van der Waals surface area contributed by atoms with Gasteiger partial charge in [-0.25, -0.2) is 4.98 Å². The van der Waals surface area contributed by atoms with Crippen molar-refractivity contribution in [1.29, 1.82) is 0 Å².